The third-order valence-electron chi connectivity index (χ3n) is 4.00. The number of carbonyl (C=O) groups is 1. The topological polar surface area (TPSA) is 78.2 Å². The fourth-order valence-electron chi connectivity index (χ4n) is 2.55. The van der Waals surface area contributed by atoms with Crippen molar-refractivity contribution in [2.24, 2.45) is 21.1 Å². The Kier molecular flexibility index (Phi) is 6.43. The number of nitrogens with zero attached hydrogens (tertiary/aromatic N) is 3. The van der Waals surface area contributed by atoms with E-state index in [0.717, 1.165) is 11.6 Å². The van der Waals surface area contributed by atoms with E-state index in [2.05, 4.69) is 25.9 Å². The minimum absolute atomic E-state index is 0.176. The summed E-state index contributed by atoms with van der Waals surface area (Å²) in [4.78, 5) is 16.8. The number of halogens is 2. The molecule has 3 rings (SSSR count). The summed E-state index contributed by atoms with van der Waals surface area (Å²) < 4.78 is 26.5. The van der Waals surface area contributed by atoms with E-state index >= 15 is 0 Å². The van der Waals surface area contributed by atoms with Crippen LogP contribution in [-0.4, -0.2) is 18.4 Å². The highest BCUT2D eigenvalue weighted by atomic mass is 19.1. The summed E-state index contributed by atoms with van der Waals surface area (Å²) in [5.41, 5.74) is 0.965. The second kappa shape index (κ2) is 9.18. The number of amides is 1. The standard InChI is InChI=1S/C21H21F2N5O/c1-13(2)12-24-21(26-20(29)15-4-3-5-17(23)10-15)25-19-11-18(27-28-19)14-6-8-16(22)9-7-14/h3-11,13,18H,12H2,1-2H3,(H2,24,25,26,29). The van der Waals surface area contributed by atoms with Gasteiger partial charge in [-0.05, 0) is 47.9 Å². The summed E-state index contributed by atoms with van der Waals surface area (Å²) in [6, 6.07) is 11.0. The quantitative estimate of drug-likeness (QED) is 0.581. The molecule has 1 unspecified atom stereocenters. The van der Waals surface area contributed by atoms with Crippen molar-refractivity contribution >= 4 is 11.9 Å². The number of nitrogens with one attached hydrogen (secondary N) is 2. The van der Waals surface area contributed by atoms with E-state index < -0.39 is 11.7 Å². The first-order valence-electron chi connectivity index (χ1n) is 9.17. The molecule has 0 fully saturated rings. The van der Waals surface area contributed by atoms with Gasteiger partial charge in [0.2, 0.25) is 5.96 Å². The minimum Gasteiger partial charge on any atom is -0.309 e. The van der Waals surface area contributed by atoms with Crippen LogP contribution < -0.4 is 10.6 Å². The summed E-state index contributed by atoms with van der Waals surface area (Å²) in [7, 11) is 0. The van der Waals surface area contributed by atoms with Crippen molar-refractivity contribution in [1.29, 1.82) is 0 Å². The summed E-state index contributed by atoms with van der Waals surface area (Å²) in [5, 5.41) is 13.8. The monoisotopic (exact) mass is 397 g/mol. The molecule has 8 heteroatoms. The van der Waals surface area contributed by atoms with Gasteiger partial charge >= 0.3 is 0 Å². The Balaban J connectivity index is 1.73. The van der Waals surface area contributed by atoms with Crippen LogP contribution in [-0.2, 0) is 0 Å². The molecule has 2 aromatic carbocycles. The maximum atomic E-state index is 13.4. The van der Waals surface area contributed by atoms with E-state index in [1.165, 1.54) is 30.3 Å². The number of azo groups is 1. The molecule has 0 spiro atoms. The molecule has 1 heterocycles. The lowest BCUT2D eigenvalue weighted by molar-refractivity contribution is 0.0975. The molecule has 0 saturated carbocycles. The van der Waals surface area contributed by atoms with Crippen LogP contribution in [0.2, 0.25) is 0 Å². The van der Waals surface area contributed by atoms with Gasteiger partial charge in [-0.1, -0.05) is 32.0 Å². The average molecular weight is 397 g/mol. The van der Waals surface area contributed by atoms with Gasteiger partial charge in [0.15, 0.2) is 5.82 Å². The lowest BCUT2D eigenvalue weighted by atomic mass is 10.1. The van der Waals surface area contributed by atoms with Crippen LogP contribution in [0.3, 0.4) is 0 Å². The maximum Gasteiger partial charge on any atom is 0.258 e. The van der Waals surface area contributed by atoms with Crippen molar-refractivity contribution in [2.75, 3.05) is 6.54 Å². The minimum atomic E-state index is -0.499. The highest BCUT2D eigenvalue weighted by Crippen LogP contribution is 2.26. The highest BCUT2D eigenvalue weighted by Gasteiger charge is 2.17. The van der Waals surface area contributed by atoms with E-state index in [4.69, 9.17) is 0 Å². The van der Waals surface area contributed by atoms with Gasteiger partial charge in [-0.15, -0.1) is 5.11 Å². The third kappa shape index (κ3) is 5.78. The van der Waals surface area contributed by atoms with Gasteiger partial charge in [0, 0.05) is 12.1 Å². The molecule has 150 valence electrons. The summed E-state index contributed by atoms with van der Waals surface area (Å²) in [6.07, 6.45) is 1.74. The van der Waals surface area contributed by atoms with Gasteiger partial charge < -0.3 is 5.32 Å². The van der Waals surface area contributed by atoms with Crippen LogP contribution in [0.5, 0.6) is 0 Å². The van der Waals surface area contributed by atoms with Gasteiger partial charge in [-0.3, -0.25) is 15.1 Å². The van der Waals surface area contributed by atoms with Gasteiger partial charge in [0.1, 0.15) is 17.7 Å². The summed E-state index contributed by atoms with van der Waals surface area (Å²) in [5.74, 6) is -0.455. The van der Waals surface area contributed by atoms with Crippen LogP contribution in [0.25, 0.3) is 0 Å². The zero-order chi connectivity index (χ0) is 20.8. The van der Waals surface area contributed by atoms with Crippen molar-refractivity contribution in [1.82, 2.24) is 10.6 Å². The Hall–Kier alpha value is -3.42. The zero-order valence-electron chi connectivity index (χ0n) is 16.1. The van der Waals surface area contributed by atoms with Crippen molar-refractivity contribution in [3.05, 3.63) is 83.2 Å². The lowest BCUT2D eigenvalue weighted by Gasteiger charge is -2.11. The van der Waals surface area contributed by atoms with Gasteiger partial charge in [0.25, 0.3) is 5.91 Å². The SMILES string of the molecule is CC(C)CN=C(NC(=O)c1cccc(F)c1)NC1=CC(c2ccc(F)cc2)N=N1. The molecular formula is C21H21F2N5O. The van der Waals surface area contributed by atoms with E-state index in [0.29, 0.717) is 12.4 Å². The highest BCUT2D eigenvalue weighted by molar-refractivity contribution is 6.06. The number of aliphatic imine (C=N–C) groups is 1. The molecule has 2 N–H and O–H groups in total. The van der Waals surface area contributed by atoms with Gasteiger partial charge in [0.05, 0.1) is 0 Å². The first-order chi connectivity index (χ1) is 13.9. The molecule has 2 aromatic rings. The lowest BCUT2D eigenvalue weighted by Crippen LogP contribution is -2.40. The summed E-state index contributed by atoms with van der Waals surface area (Å²) >= 11 is 0. The largest absolute Gasteiger partial charge is 0.309 e. The Labute approximate surface area is 167 Å². The fourth-order valence-corrected chi connectivity index (χ4v) is 2.55. The fraction of sp³-hybridized carbons (Fsp3) is 0.238. The molecule has 1 aliphatic heterocycles. The Bertz CT molecular complexity index is 967. The Morgan fingerprint density at radius 1 is 1.14 bits per heavy atom. The smallest absolute Gasteiger partial charge is 0.258 e. The predicted octanol–water partition coefficient (Wildman–Crippen LogP) is 4.34. The molecular weight excluding hydrogens is 376 g/mol. The van der Waals surface area contributed by atoms with E-state index in [-0.39, 0.29) is 29.3 Å². The van der Waals surface area contributed by atoms with Crippen LogP contribution >= 0.6 is 0 Å². The number of benzene rings is 2. The number of carbonyl (C=O) groups excluding carboxylic acids is 1. The summed E-state index contributed by atoms with van der Waals surface area (Å²) in [6.45, 7) is 4.46. The second-order valence-electron chi connectivity index (χ2n) is 6.94. The Morgan fingerprint density at radius 2 is 1.90 bits per heavy atom. The maximum absolute atomic E-state index is 13.4. The Morgan fingerprint density at radius 3 is 2.59 bits per heavy atom. The van der Waals surface area contributed by atoms with Crippen LogP contribution in [0.15, 0.2) is 75.6 Å². The first kappa shape index (κ1) is 20.3. The van der Waals surface area contributed by atoms with Gasteiger partial charge in [-0.25, -0.2) is 8.78 Å². The average Bonchev–Trinajstić information content (AvgIpc) is 3.15. The van der Waals surface area contributed by atoms with Crippen molar-refractivity contribution in [3.63, 3.8) is 0 Å². The normalized spacial score (nSPS) is 16.1. The first-order valence-corrected chi connectivity index (χ1v) is 9.17. The molecule has 0 aliphatic carbocycles. The van der Waals surface area contributed by atoms with Crippen LogP contribution in [0.4, 0.5) is 8.78 Å². The molecule has 0 bridgehead atoms. The van der Waals surface area contributed by atoms with E-state index in [1.807, 2.05) is 13.8 Å². The van der Waals surface area contributed by atoms with E-state index in [9.17, 15) is 13.6 Å². The van der Waals surface area contributed by atoms with Crippen molar-refractivity contribution < 1.29 is 13.6 Å². The van der Waals surface area contributed by atoms with Crippen LogP contribution in [0.1, 0.15) is 35.8 Å². The second-order valence-corrected chi connectivity index (χ2v) is 6.94. The molecule has 6 nitrogen and oxygen atoms in total. The molecule has 0 aromatic heterocycles. The van der Waals surface area contributed by atoms with Crippen molar-refractivity contribution in [3.8, 4) is 0 Å². The number of rotatable bonds is 5. The molecule has 1 atom stereocenters. The van der Waals surface area contributed by atoms with Crippen molar-refractivity contribution in [2.45, 2.75) is 19.9 Å². The number of hydrogen-bond donors (Lipinski definition) is 2. The predicted molar refractivity (Wildman–Crippen MR) is 106 cm³/mol. The van der Waals surface area contributed by atoms with Crippen LogP contribution in [0, 0.1) is 17.6 Å². The number of guanidine groups is 1. The molecule has 1 aliphatic rings. The molecule has 1 amide bonds. The number of hydrogen-bond acceptors (Lipinski definition) is 4. The third-order valence-corrected chi connectivity index (χ3v) is 4.00. The molecule has 0 radical (unpaired) electrons. The van der Waals surface area contributed by atoms with E-state index in [1.54, 1.807) is 18.2 Å². The zero-order valence-corrected chi connectivity index (χ0v) is 16.1. The molecule has 29 heavy (non-hydrogen) atoms. The van der Waals surface area contributed by atoms with Gasteiger partial charge in [-0.2, -0.15) is 5.11 Å². The molecule has 0 saturated heterocycles.